The fraction of sp³-hybridized carbons (Fsp3) is 0.771. The number of methoxy groups -OCH3 is 1. The fourth-order valence-electron chi connectivity index (χ4n) is 6.92. The lowest BCUT2D eigenvalue weighted by Crippen LogP contribution is -2.60. The van der Waals surface area contributed by atoms with Gasteiger partial charge in [0.2, 0.25) is 0 Å². The molecule has 3 heterocycles. The molecule has 0 bridgehead atoms. The number of aliphatic hydroxyl groups excluding tert-OH is 3. The van der Waals surface area contributed by atoms with Gasteiger partial charge in [0.1, 0.15) is 35.9 Å². The third-order valence-corrected chi connectivity index (χ3v) is 11.2. The fourth-order valence-corrected chi connectivity index (χ4v) is 7.60. The Bertz CT molecular complexity index is 1320. The van der Waals surface area contributed by atoms with E-state index in [-0.39, 0.29) is 30.7 Å². The van der Waals surface area contributed by atoms with Gasteiger partial charge < -0.3 is 44.3 Å². The minimum absolute atomic E-state index is 0.0338. The van der Waals surface area contributed by atoms with Gasteiger partial charge in [-0.25, -0.2) is 0 Å². The molecule has 49 heavy (non-hydrogen) atoms. The Morgan fingerprint density at radius 1 is 1.14 bits per heavy atom. The van der Waals surface area contributed by atoms with Crippen molar-refractivity contribution in [2.45, 2.75) is 135 Å². The number of Topliss-reactive ketones (excluding diaryl/α,β-unsaturated/α-hetero) is 1. The molecule has 0 radical (unpaired) electrons. The van der Waals surface area contributed by atoms with Gasteiger partial charge in [-0.05, 0) is 79.4 Å². The van der Waals surface area contributed by atoms with Gasteiger partial charge in [-0.1, -0.05) is 26.8 Å². The Morgan fingerprint density at radius 3 is 2.35 bits per heavy atom. The van der Waals surface area contributed by atoms with Crippen LogP contribution in [0.3, 0.4) is 0 Å². The molecule has 1 unspecified atom stereocenters. The minimum Gasteiger partial charge on any atom is -0.459 e. The van der Waals surface area contributed by atoms with Crippen molar-refractivity contribution < 1.29 is 49.0 Å². The van der Waals surface area contributed by atoms with Crippen molar-refractivity contribution in [1.82, 2.24) is 4.90 Å². The first kappa shape index (κ1) is 41.3. The minimum atomic E-state index is -2.14. The number of aliphatic hydroxyl groups is 4. The summed E-state index contributed by atoms with van der Waals surface area (Å²) >= 11 is 1.46. The topological polar surface area (TPSA) is 180 Å². The molecule has 0 saturated carbocycles. The Hall–Kier alpha value is -2.14. The van der Waals surface area contributed by atoms with Crippen LogP contribution in [-0.2, 0) is 28.5 Å². The molecule has 13 atom stereocenters. The van der Waals surface area contributed by atoms with E-state index in [1.54, 1.807) is 34.6 Å². The summed E-state index contributed by atoms with van der Waals surface area (Å²) in [6.07, 6.45) is -7.74. The molecule has 1 aromatic rings. The first-order valence-corrected chi connectivity index (χ1v) is 17.9. The van der Waals surface area contributed by atoms with Gasteiger partial charge in [0.25, 0.3) is 0 Å². The Kier molecular flexibility index (Phi) is 14.3. The highest BCUT2D eigenvalue weighted by molar-refractivity contribution is 7.12. The van der Waals surface area contributed by atoms with E-state index < -0.39 is 77.5 Å². The van der Waals surface area contributed by atoms with Crippen LogP contribution >= 0.6 is 11.3 Å². The molecule has 278 valence electrons. The van der Waals surface area contributed by atoms with Crippen LogP contribution in [0.4, 0.5) is 0 Å². The maximum atomic E-state index is 14.1. The van der Waals surface area contributed by atoms with Crippen LogP contribution in [0.5, 0.6) is 0 Å². The van der Waals surface area contributed by atoms with Gasteiger partial charge in [0.05, 0.1) is 34.1 Å². The summed E-state index contributed by atoms with van der Waals surface area (Å²) in [4.78, 5) is 30.3. The van der Waals surface area contributed by atoms with Crippen LogP contribution in [0.15, 0.2) is 27.7 Å². The molecule has 13 nitrogen and oxygen atoms in total. The molecule has 0 spiro atoms. The molecular weight excluding hydrogens is 654 g/mol. The summed E-state index contributed by atoms with van der Waals surface area (Å²) in [6, 6.07) is 3.46. The zero-order valence-electron chi connectivity index (χ0n) is 30.7. The molecule has 2 saturated heterocycles. The second-order valence-corrected chi connectivity index (χ2v) is 15.2. The second-order valence-electron chi connectivity index (χ2n) is 14.3. The Labute approximate surface area is 294 Å². The van der Waals surface area contributed by atoms with E-state index in [1.807, 2.05) is 43.4 Å². The van der Waals surface area contributed by atoms with Crippen molar-refractivity contribution in [2.24, 2.45) is 28.0 Å². The summed E-state index contributed by atoms with van der Waals surface area (Å²) in [6.45, 7) is 13.1. The number of hydrogen-bond donors (Lipinski definition) is 4. The number of ketones is 1. The highest BCUT2D eigenvalue weighted by Crippen LogP contribution is 2.38. The molecule has 14 heteroatoms. The maximum Gasteiger partial charge on any atom is 0.316 e. The maximum absolute atomic E-state index is 14.1. The summed E-state index contributed by atoms with van der Waals surface area (Å²) in [5, 5.41) is 56.9. The zero-order valence-corrected chi connectivity index (χ0v) is 31.5. The number of cyclic esters (lactones) is 1. The molecule has 0 aromatic carbocycles. The van der Waals surface area contributed by atoms with Gasteiger partial charge in [0, 0.05) is 25.0 Å². The van der Waals surface area contributed by atoms with Gasteiger partial charge >= 0.3 is 5.97 Å². The molecule has 0 aliphatic carbocycles. The number of carbonyl (C=O) groups is 2. The number of esters is 1. The van der Waals surface area contributed by atoms with Crippen molar-refractivity contribution in [2.75, 3.05) is 21.2 Å². The Balaban J connectivity index is 2.20. The average molecular weight is 712 g/mol. The summed E-state index contributed by atoms with van der Waals surface area (Å²) < 4.78 is 24.5. The molecule has 2 fully saturated rings. The van der Waals surface area contributed by atoms with Crippen molar-refractivity contribution >= 4 is 34.5 Å². The lowest BCUT2D eigenvalue weighted by atomic mass is 9.75. The van der Waals surface area contributed by atoms with E-state index in [4.69, 9.17) is 18.9 Å². The van der Waals surface area contributed by atoms with Crippen LogP contribution in [0.25, 0.3) is 0 Å². The molecular formula is C35H57N3O10S. The number of carbonyl (C=O) groups excluding carboxylic acids is 2. The van der Waals surface area contributed by atoms with Gasteiger partial charge in [-0.2, -0.15) is 10.2 Å². The normalized spacial score (nSPS) is 41.5. The van der Waals surface area contributed by atoms with Crippen molar-refractivity contribution in [3.8, 4) is 0 Å². The van der Waals surface area contributed by atoms with Crippen molar-refractivity contribution in [3.05, 3.63) is 22.4 Å². The highest BCUT2D eigenvalue weighted by Gasteiger charge is 2.52. The number of ether oxygens (including phenoxy) is 4. The van der Waals surface area contributed by atoms with Gasteiger partial charge in [-0.15, -0.1) is 11.3 Å². The van der Waals surface area contributed by atoms with Gasteiger partial charge in [-0.3, -0.25) is 9.59 Å². The van der Waals surface area contributed by atoms with Crippen LogP contribution in [0.1, 0.15) is 79.5 Å². The Morgan fingerprint density at radius 2 is 1.80 bits per heavy atom. The van der Waals surface area contributed by atoms with Crippen LogP contribution < -0.4 is 0 Å². The lowest BCUT2D eigenvalue weighted by Gasteiger charge is -2.47. The summed E-state index contributed by atoms with van der Waals surface area (Å²) in [7, 11) is 5.17. The molecule has 4 N–H and O–H groups in total. The van der Waals surface area contributed by atoms with Gasteiger partial charge in [0.15, 0.2) is 12.1 Å². The van der Waals surface area contributed by atoms with Crippen molar-refractivity contribution in [3.63, 3.8) is 0 Å². The highest BCUT2D eigenvalue weighted by atomic mass is 32.1. The quantitative estimate of drug-likeness (QED) is 0.141. The van der Waals surface area contributed by atoms with Crippen LogP contribution in [0.2, 0.25) is 0 Å². The number of nitrogens with zero attached hydrogens (tertiary/aromatic N) is 3. The van der Waals surface area contributed by atoms with E-state index in [2.05, 4.69) is 10.2 Å². The van der Waals surface area contributed by atoms with E-state index in [9.17, 15) is 30.0 Å². The monoisotopic (exact) mass is 711 g/mol. The smallest absolute Gasteiger partial charge is 0.316 e. The van der Waals surface area contributed by atoms with E-state index >= 15 is 0 Å². The zero-order chi connectivity index (χ0) is 37.0. The first-order chi connectivity index (χ1) is 22.8. The second kappa shape index (κ2) is 16.9. The predicted molar refractivity (Wildman–Crippen MR) is 187 cm³/mol. The molecule has 2 aliphatic rings. The number of likely N-dealkylation sites (N-methyl/N-ethyl adjacent to an activating group) is 1. The van der Waals surface area contributed by atoms with Crippen LogP contribution in [-0.4, -0.2) is 130 Å². The first-order valence-electron chi connectivity index (χ1n) is 17.0. The van der Waals surface area contributed by atoms with E-state index in [1.165, 1.54) is 32.3 Å². The third-order valence-electron chi connectivity index (χ3n) is 10.2. The molecule has 3 rings (SSSR count). The third kappa shape index (κ3) is 9.21. The van der Waals surface area contributed by atoms with E-state index in [0.29, 0.717) is 12.1 Å². The molecule has 0 amide bonds. The predicted octanol–water partition coefficient (Wildman–Crippen LogP) is 2.81. The van der Waals surface area contributed by atoms with Crippen molar-refractivity contribution in [1.29, 1.82) is 0 Å². The number of thiophene rings is 1. The molecule has 1 aromatic heterocycles. The number of hydrogen-bond acceptors (Lipinski definition) is 14. The SMILES string of the molecule is CC[C@H]1OC(=O)[C@H](C)C(=O)[C@H](C)C(O[C@@H]2O[C@H](C)C[C@H](N(C)C)[C@H]2O)[C@](C)(OC)C[C@@H](C)/C(=N/N=C(/C)c2cccs2)[C@H](O)[C@@H](O)[C@]1(C)O. The van der Waals surface area contributed by atoms with E-state index in [0.717, 1.165) is 4.88 Å². The van der Waals surface area contributed by atoms with Crippen LogP contribution in [0, 0.1) is 17.8 Å². The largest absolute Gasteiger partial charge is 0.459 e. The summed E-state index contributed by atoms with van der Waals surface area (Å²) in [5.41, 5.74) is -2.85. The average Bonchev–Trinajstić information content (AvgIpc) is 3.60. The lowest BCUT2D eigenvalue weighted by molar-refractivity contribution is -0.295. The summed E-state index contributed by atoms with van der Waals surface area (Å²) in [5.74, 6) is -4.36. The molecule has 2 aliphatic heterocycles. The standard InChI is InChI=1S/C35H57N3O10S/c1-12-25-35(8,44)30(42)29(41)26(37-36-22(6)24-14-13-15-49-24)18(2)17-34(7,45-11)31(20(4)27(39)21(5)32(43)47-25)48-33-28(40)23(38(9)10)16-19(3)46-33/h13-15,18-21,23,25,28-31,33,40-42,44H,12,16-17H2,1-11H3/b36-22-,37-26-/t18-,19-,20+,21-,23+,25-,28-,29+,30-,31?,33+,34-,35-/m1/s1. The number of rotatable bonds is 7.